The summed E-state index contributed by atoms with van der Waals surface area (Å²) in [5.41, 5.74) is 0. The molecule has 0 aromatic carbocycles. The molecule has 0 radical (unpaired) electrons. The second-order valence-electron chi connectivity index (χ2n) is 4.84. The quantitative estimate of drug-likeness (QED) is 0.807. The minimum absolute atomic E-state index is 0.610. The van der Waals surface area contributed by atoms with E-state index in [-0.39, 0.29) is 0 Å². The standard InChI is InChI=1S/C12H21BrN4/c1-10(2)8-17(6-5-16(3)4)12-11(13)7-14-9-15-12/h7,9-10H,5-6,8H2,1-4H3. The van der Waals surface area contributed by atoms with Gasteiger partial charge < -0.3 is 9.80 Å². The fourth-order valence-corrected chi connectivity index (χ4v) is 2.06. The Morgan fingerprint density at radius 2 is 2.00 bits per heavy atom. The molecule has 17 heavy (non-hydrogen) atoms. The molecular formula is C12H21BrN4. The van der Waals surface area contributed by atoms with Crippen molar-refractivity contribution in [2.24, 2.45) is 5.92 Å². The smallest absolute Gasteiger partial charge is 0.146 e. The Bertz CT molecular complexity index is 341. The minimum atomic E-state index is 0.610. The Hall–Kier alpha value is -0.680. The van der Waals surface area contributed by atoms with E-state index in [4.69, 9.17) is 0 Å². The lowest BCUT2D eigenvalue weighted by atomic mass is 10.2. The van der Waals surface area contributed by atoms with Gasteiger partial charge in [0.05, 0.1) is 4.47 Å². The Labute approximate surface area is 112 Å². The van der Waals surface area contributed by atoms with Crippen LogP contribution >= 0.6 is 15.9 Å². The Morgan fingerprint density at radius 1 is 1.29 bits per heavy atom. The summed E-state index contributed by atoms with van der Waals surface area (Å²) in [6, 6.07) is 0. The Morgan fingerprint density at radius 3 is 2.53 bits per heavy atom. The molecule has 0 aliphatic heterocycles. The molecule has 4 nitrogen and oxygen atoms in total. The van der Waals surface area contributed by atoms with Crippen LogP contribution in [-0.4, -0.2) is 48.6 Å². The van der Waals surface area contributed by atoms with Gasteiger partial charge in [-0.2, -0.15) is 0 Å². The van der Waals surface area contributed by atoms with Crippen molar-refractivity contribution in [3.05, 3.63) is 17.0 Å². The van der Waals surface area contributed by atoms with Crippen LogP contribution in [0.25, 0.3) is 0 Å². The van der Waals surface area contributed by atoms with Crippen molar-refractivity contribution in [2.75, 3.05) is 38.6 Å². The lowest BCUT2D eigenvalue weighted by Gasteiger charge is -2.27. The highest BCUT2D eigenvalue weighted by Gasteiger charge is 2.13. The molecule has 1 aromatic heterocycles. The summed E-state index contributed by atoms with van der Waals surface area (Å²) in [4.78, 5) is 12.9. The maximum Gasteiger partial charge on any atom is 0.146 e. The van der Waals surface area contributed by atoms with Crippen LogP contribution in [0.5, 0.6) is 0 Å². The molecule has 0 amide bonds. The molecule has 0 atom stereocenters. The van der Waals surface area contributed by atoms with Gasteiger partial charge in [0.1, 0.15) is 12.1 Å². The van der Waals surface area contributed by atoms with Crippen molar-refractivity contribution in [1.29, 1.82) is 0 Å². The van der Waals surface area contributed by atoms with E-state index in [1.165, 1.54) is 0 Å². The van der Waals surface area contributed by atoms with E-state index in [0.29, 0.717) is 5.92 Å². The third-order valence-corrected chi connectivity index (χ3v) is 2.91. The fourth-order valence-electron chi connectivity index (χ4n) is 1.58. The predicted octanol–water partition coefficient (Wildman–Crippen LogP) is 2.26. The number of hydrogen-bond donors (Lipinski definition) is 0. The molecule has 0 bridgehead atoms. The molecule has 1 heterocycles. The third kappa shape index (κ3) is 5.00. The van der Waals surface area contributed by atoms with Gasteiger partial charge in [-0.1, -0.05) is 13.8 Å². The van der Waals surface area contributed by atoms with E-state index < -0.39 is 0 Å². The van der Waals surface area contributed by atoms with Gasteiger partial charge in [-0.25, -0.2) is 9.97 Å². The molecule has 0 spiro atoms. The SMILES string of the molecule is CC(C)CN(CCN(C)C)c1ncncc1Br. The number of rotatable bonds is 6. The number of anilines is 1. The van der Waals surface area contributed by atoms with Crippen molar-refractivity contribution in [3.63, 3.8) is 0 Å². The summed E-state index contributed by atoms with van der Waals surface area (Å²) in [6.07, 6.45) is 3.40. The van der Waals surface area contributed by atoms with E-state index in [9.17, 15) is 0 Å². The molecule has 1 aromatic rings. The van der Waals surface area contributed by atoms with E-state index in [0.717, 1.165) is 29.9 Å². The van der Waals surface area contributed by atoms with Crippen molar-refractivity contribution in [1.82, 2.24) is 14.9 Å². The number of halogens is 1. The second kappa shape index (κ2) is 6.91. The van der Waals surface area contributed by atoms with Gasteiger partial charge in [0.25, 0.3) is 0 Å². The monoisotopic (exact) mass is 300 g/mol. The fraction of sp³-hybridized carbons (Fsp3) is 0.667. The molecule has 96 valence electrons. The summed E-state index contributed by atoms with van der Waals surface area (Å²) >= 11 is 3.51. The molecule has 0 saturated heterocycles. The molecule has 0 fully saturated rings. The lowest BCUT2D eigenvalue weighted by molar-refractivity contribution is 0.408. The zero-order chi connectivity index (χ0) is 12.8. The molecule has 0 aliphatic rings. The summed E-state index contributed by atoms with van der Waals surface area (Å²) in [5.74, 6) is 1.59. The van der Waals surface area contributed by atoms with Crippen LogP contribution < -0.4 is 4.90 Å². The van der Waals surface area contributed by atoms with Crippen molar-refractivity contribution in [2.45, 2.75) is 13.8 Å². The van der Waals surface area contributed by atoms with Gasteiger partial charge in [0, 0.05) is 25.8 Å². The summed E-state index contributed by atoms with van der Waals surface area (Å²) in [7, 11) is 4.17. The predicted molar refractivity (Wildman–Crippen MR) is 75.3 cm³/mol. The molecule has 5 heteroatoms. The Balaban J connectivity index is 2.78. The van der Waals surface area contributed by atoms with Gasteiger partial charge in [0.2, 0.25) is 0 Å². The van der Waals surface area contributed by atoms with Crippen LogP contribution in [0.4, 0.5) is 5.82 Å². The van der Waals surface area contributed by atoms with E-state index >= 15 is 0 Å². The number of nitrogens with zero attached hydrogens (tertiary/aromatic N) is 4. The van der Waals surface area contributed by atoms with Gasteiger partial charge in [0.15, 0.2) is 0 Å². The van der Waals surface area contributed by atoms with Crippen molar-refractivity contribution < 1.29 is 0 Å². The number of hydrogen-bond acceptors (Lipinski definition) is 4. The van der Waals surface area contributed by atoms with E-state index in [1.54, 1.807) is 12.5 Å². The van der Waals surface area contributed by atoms with Crippen LogP contribution in [0.15, 0.2) is 17.0 Å². The summed E-state index contributed by atoms with van der Waals surface area (Å²) in [6.45, 7) is 7.43. The molecule has 0 aliphatic carbocycles. The zero-order valence-electron chi connectivity index (χ0n) is 11.0. The number of likely N-dealkylation sites (N-methyl/N-ethyl adjacent to an activating group) is 1. The topological polar surface area (TPSA) is 32.3 Å². The van der Waals surface area contributed by atoms with Crippen LogP contribution in [-0.2, 0) is 0 Å². The first-order chi connectivity index (χ1) is 8.00. The average Bonchev–Trinajstić information content (AvgIpc) is 2.24. The van der Waals surface area contributed by atoms with E-state index in [2.05, 4.69) is 63.6 Å². The van der Waals surface area contributed by atoms with Gasteiger partial charge in [-0.3, -0.25) is 0 Å². The van der Waals surface area contributed by atoms with Crippen LogP contribution in [0.3, 0.4) is 0 Å². The maximum absolute atomic E-state index is 4.36. The average molecular weight is 301 g/mol. The molecular weight excluding hydrogens is 280 g/mol. The van der Waals surface area contributed by atoms with Crippen LogP contribution in [0.2, 0.25) is 0 Å². The van der Waals surface area contributed by atoms with Gasteiger partial charge in [-0.05, 0) is 35.9 Å². The zero-order valence-corrected chi connectivity index (χ0v) is 12.6. The summed E-state index contributed by atoms with van der Waals surface area (Å²) < 4.78 is 0.958. The van der Waals surface area contributed by atoms with Crippen LogP contribution in [0.1, 0.15) is 13.8 Å². The lowest BCUT2D eigenvalue weighted by Crippen LogP contribution is -2.35. The maximum atomic E-state index is 4.36. The van der Waals surface area contributed by atoms with Gasteiger partial charge >= 0.3 is 0 Å². The molecule has 0 saturated carbocycles. The highest BCUT2D eigenvalue weighted by molar-refractivity contribution is 9.10. The van der Waals surface area contributed by atoms with Crippen LogP contribution in [0, 0.1) is 5.92 Å². The molecule has 1 rings (SSSR count). The third-order valence-electron chi connectivity index (χ3n) is 2.35. The first-order valence-corrected chi connectivity index (χ1v) is 6.65. The van der Waals surface area contributed by atoms with Crippen molar-refractivity contribution >= 4 is 21.7 Å². The van der Waals surface area contributed by atoms with Gasteiger partial charge in [-0.15, -0.1) is 0 Å². The highest BCUT2D eigenvalue weighted by atomic mass is 79.9. The first-order valence-electron chi connectivity index (χ1n) is 5.86. The largest absolute Gasteiger partial charge is 0.354 e. The highest BCUT2D eigenvalue weighted by Crippen LogP contribution is 2.22. The summed E-state index contributed by atoms with van der Waals surface area (Å²) in [5, 5.41) is 0. The molecule has 0 unspecified atom stereocenters. The van der Waals surface area contributed by atoms with Crippen molar-refractivity contribution in [3.8, 4) is 0 Å². The Kier molecular flexibility index (Phi) is 5.85. The minimum Gasteiger partial charge on any atom is -0.354 e. The molecule has 0 N–H and O–H groups in total. The first kappa shape index (κ1) is 14.4. The second-order valence-corrected chi connectivity index (χ2v) is 5.69. The van der Waals surface area contributed by atoms with E-state index in [1.807, 2.05) is 0 Å². The normalized spacial score (nSPS) is 11.2. The number of aromatic nitrogens is 2.